The Balaban J connectivity index is 1.84. The fraction of sp³-hybridized carbons (Fsp3) is 0.238. The highest BCUT2D eigenvalue weighted by atomic mass is 35.5. The Morgan fingerprint density at radius 2 is 1.83 bits per heavy atom. The highest BCUT2D eigenvalue weighted by molar-refractivity contribution is 6.40. The van der Waals surface area contributed by atoms with Crippen LogP contribution in [0.25, 0.3) is 0 Å². The number of hydrogen-bond acceptors (Lipinski definition) is 5. The van der Waals surface area contributed by atoms with Gasteiger partial charge in [0.15, 0.2) is 0 Å². The number of hydrazone groups is 1. The lowest BCUT2D eigenvalue weighted by atomic mass is 10.0. The van der Waals surface area contributed by atoms with Crippen molar-refractivity contribution < 1.29 is 19.1 Å². The van der Waals surface area contributed by atoms with E-state index < -0.39 is 17.9 Å². The Hall–Kier alpha value is -3.19. The van der Waals surface area contributed by atoms with E-state index in [9.17, 15) is 14.4 Å². The number of amides is 2. The van der Waals surface area contributed by atoms with Crippen LogP contribution in [0, 0.1) is 0 Å². The third-order valence-corrected chi connectivity index (χ3v) is 4.82. The van der Waals surface area contributed by atoms with Crippen molar-refractivity contribution in [2.45, 2.75) is 25.3 Å². The average molecular weight is 414 g/mol. The molecule has 1 atom stereocenters. The summed E-state index contributed by atoms with van der Waals surface area (Å²) in [6.45, 7) is 0. The number of rotatable bonds is 6. The van der Waals surface area contributed by atoms with Crippen molar-refractivity contribution in [2.75, 3.05) is 12.1 Å². The number of hydrogen-bond donors (Lipinski definition) is 1. The number of halogens is 1. The van der Waals surface area contributed by atoms with Gasteiger partial charge in [-0.1, -0.05) is 48.0 Å². The zero-order chi connectivity index (χ0) is 20.8. The van der Waals surface area contributed by atoms with Gasteiger partial charge in [-0.15, -0.1) is 0 Å². The van der Waals surface area contributed by atoms with Gasteiger partial charge in [0.1, 0.15) is 5.71 Å². The van der Waals surface area contributed by atoms with E-state index in [1.165, 1.54) is 12.1 Å². The Bertz CT molecular complexity index is 946. The molecule has 0 fully saturated rings. The lowest BCUT2D eigenvalue weighted by Gasteiger charge is -2.25. The summed E-state index contributed by atoms with van der Waals surface area (Å²) in [4.78, 5) is 37.0. The fourth-order valence-corrected chi connectivity index (χ4v) is 3.24. The summed E-state index contributed by atoms with van der Waals surface area (Å²) >= 11 is 6.25. The molecule has 1 unspecified atom stereocenters. The Kier molecular flexibility index (Phi) is 6.61. The van der Waals surface area contributed by atoms with Crippen LogP contribution in [0.4, 0.5) is 5.69 Å². The van der Waals surface area contributed by atoms with E-state index in [2.05, 4.69) is 10.4 Å². The number of methoxy groups -OCH3 is 1. The van der Waals surface area contributed by atoms with Crippen LogP contribution in [0.2, 0.25) is 5.02 Å². The summed E-state index contributed by atoms with van der Waals surface area (Å²) in [5.74, 6) is -1.14. The van der Waals surface area contributed by atoms with Gasteiger partial charge in [0, 0.05) is 17.9 Å². The first kappa shape index (κ1) is 20.5. The molecule has 0 radical (unpaired) electrons. The van der Waals surface area contributed by atoms with Gasteiger partial charge in [0.2, 0.25) is 5.91 Å². The number of nitrogens with zero attached hydrogens (tertiary/aromatic N) is 2. The monoisotopic (exact) mass is 413 g/mol. The SMILES string of the molecule is COC(=O)CC(NC(=O)C1=NN(c2ccccc2)C(=O)CC1)c1ccccc1Cl. The topological polar surface area (TPSA) is 88.1 Å². The van der Waals surface area contributed by atoms with Crippen LogP contribution < -0.4 is 10.3 Å². The van der Waals surface area contributed by atoms with Gasteiger partial charge in [0.25, 0.3) is 5.91 Å². The summed E-state index contributed by atoms with van der Waals surface area (Å²) in [7, 11) is 1.28. The standard InChI is InChI=1S/C21H20ClN3O4/c1-29-20(27)13-18(15-9-5-6-10-16(15)22)23-21(28)17-11-12-19(26)25(24-17)14-7-3-2-4-8-14/h2-10,18H,11-13H2,1H3,(H,23,28). The maximum Gasteiger partial charge on any atom is 0.307 e. The lowest BCUT2D eigenvalue weighted by molar-refractivity contribution is -0.141. The molecule has 7 nitrogen and oxygen atoms in total. The van der Waals surface area contributed by atoms with Crippen molar-refractivity contribution in [3.8, 4) is 0 Å². The van der Waals surface area contributed by atoms with Crippen molar-refractivity contribution in [1.82, 2.24) is 5.32 Å². The van der Waals surface area contributed by atoms with E-state index in [0.29, 0.717) is 16.3 Å². The summed E-state index contributed by atoms with van der Waals surface area (Å²) < 4.78 is 4.74. The van der Waals surface area contributed by atoms with Crippen LogP contribution >= 0.6 is 11.6 Å². The van der Waals surface area contributed by atoms with Crippen LogP contribution in [0.5, 0.6) is 0 Å². The van der Waals surface area contributed by atoms with Gasteiger partial charge in [-0.25, -0.2) is 5.01 Å². The van der Waals surface area contributed by atoms with Crippen LogP contribution in [0.1, 0.15) is 30.9 Å². The molecule has 0 saturated carbocycles. The van der Waals surface area contributed by atoms with Crippen LogP contribution in [0.15, 0.2) is 59.7 Å². The zero-order valence-corrected chi connectivity index (χ0v) is 16.6. The molecule has 2 amide bonds. The molecule has 3 rings (SSSR count). The average Bonchev–Trinajstić information content (AvgIpc) is 2.74. The summed E-state index contributed by atoms with van der Waals surface area (Å²) in [6, 6.07) is 15.2. The Morgan fingerprint density at radius 3 is 2.52 bits per heavy atom. The molecule has 2 aromatic rings. The van der Waals surface area contributed by atoms with Crippen molar-refractivity contribution in [3.63, 3.8) is 0 Å². The summed E-state index contributed by atoms with van der Waals surface area (Å²) in [5, 5.41) is 8.69. The van der Waals surface area contributed by atoms with Crippen LogP contribution in [0.3, 0.4) is 0 Å². The minimum absolute atomic E-state index is 0.0828. The van der Waals surface area contributed by atoms with Gasteiger partial charge < -0.3 is 10.1 Å². The van der Waals surface area contributed by atoms with E-state index in [4.69, 9.17) is 16.3 Å². The van der Waals surface area contributed by atoms with E-state index in [1.54, 1.807) is 48.5 Å². The predicted molar refractivity (Wildman–Crippen MR) is 110 cm³/mol. The number of nitrogens with one attached hydrogen (secondary N) is 1. The molecule has 0 aliphatic carbocycles. The fourth-order valence-electron chi connectivity index (χ4n) is 2.98. The molecular formula is C21H20ClN3O4. The van der Waals surface area contributed by atoms with Crippen molar-refractivity contribution in [1.29, 1.82) is 0 Å². The molecule has 1 heterocycles. The maximum atomic E-state index is 12.9. The molecule has 150 valence electrons. The van der Waals surface area contributed by atoms with Gasteiger partial charge >= 0.3 is 5.97 Å². The predicted octanol–water partition coefficient (Wildman–Crippen LogP) is 3.24. The van der Waals surface area contributed by atoms with E-state index in [-0.39, 0.29) is 30.9 Å². The molecule has 2 aromatic carbocycles. The maximum absolute atomic E-state index is 12.9. The zero-order valence-electron chi connectivity index (χ0n) is 15.8. The molecule has 1 N–H and O–H groups in total. The highest BCUT2D eigenvalue weighted by Gasteiger charge is 2.28. The molecule has 29 heavy (non-hydrogen) atoms. The van der Waals surface area contributed by atoms with Crippen LogP contribution in [-0.2, 0) is 19.1 Å². The number of anilines is 1. The number of benzene rings is 2. The van der Waals surface area contributed by atoms with E-state index in [1.807, 2.05) is 6.07 Å². The number of carbonyl (C=O) groups excluding carboxylic acids is 3. The molecular weight excluding hydrogens is 394 g/mol. The first-order chi connectivity index (χ1) is 14.0. The van der Waals surface area contributed by atoms with E-state index >= 15 is 0 Å². The summed E-state index contributed by atoms with van der Waals surface area (Å²) in [6.07, 6.45) is 0.289. The number of para-hydroxylation sites is 1. The van der Waals surface area contributed by atoms with Gasteiger partial charge in [-0.3, -0.25) is 14.4 Å². The first-order valence-electron chi connectivity index (χ1n) is 9.07. The van der Waals surface area contributed by atoms with Crippen molar-refractivity contribution in [2.24, 2.45) is 5.10 Å². The van der Waals surface area contributed by atoms with E-state index in [0.717, 1.165) is 0 Å². The highest BCUT2D eigenvalue weighted by Crippen LogP contribution is 2.26. The largest absolute Gasteiger partial charge is 0.469 e. The molecule has 0 bridgehead atoms. The van der Waals surface area contributed by atoms with Crippen LogP contribution in [-0.4, -0.2) is 30.6 Å². The van der Waals surface area contributed by atoms with Gasteiger partial charge in [0.05, 0.1) is 25.3 Å². The Labute approximate surface area is 173 Å². The molecule has 0 aromatic heterocycles. The van der Waals surface area contributed by atoms with Crippen molar-refractivity contribution >= 4 is 40.8 Å². The molecule has 1 aliphatic heterocycles. The molecule has 0 spiro atoms. The smallest absolute Gasteiger partial charge is 0.307 e. The third-order valence-electron chi connectivity index (χ3n) is 4.48. The quantitative estimate of drug-likeness (QED) is 0.736. The number of carbonyl (C=O) groups is 3. The lowest BCUT2D eigenvalue weighted by Crippen LogP contribution is -2.41. The molecule has 0 saturated heterocycles. The first-order valence-corrected chi connectivity index (χ1v) is 9.45. The minimum atomic E-state index is -0.686. The summed E-state index contributed by atoms with van der Waals surface area (Å²) in [5.41, 5.74) is 1.38. The number of ether oxygens (including phenoxy) is 1. The molecule has 1 aliphatic rings. The van der Waals surface area contributed by atoms with Gasteiger partial charge in [-0.05, 0) is 23.8 Å². The Morgan fingerprint density at radius 1 is 1.14 bits per heavy atom. The second-order valence-electron chi connectivity index (χ2n) is 6.42. The van der Waals surface area contributed by atoms with Gasteiger partial charge in [-0.2, -0.15) is 5.10 Å². The third kappa shape index (κ3) is 5.00. The van der Waals surface area contributed by atoms with Crippen molar-refractivity contribution in [3.05, 3.63) is 65.2 Å². The minimum Gasteiger partial charge on any atom is -0.469 e. The second-order valence-corrected chi connectivity index (χ2v) is 6.82. The second kappa shape index (κ2) is 9.34. The normalized spacial score (nSPS) is 14.8. The number of esters is 1. The molecule has 8 heteroatoms.